The molecule has 0 bridgehead atoms. The summed E-state index contributed by atoms with van der Waals surface area (Å²) in [6.07, 6.45) is -5.75. The number of alkyl halides is 3. The number of benzene rings is 1. The third-order valence-electron chi connectivity index (χ3n) is 2.68. The SMILES string of the molecule is COc1cccc(OCC(O)CNCCCC(F)(F)F)c1. The molecule has 0 radical (unpaired) electrons. The second kappa shape index (κ2) is 8.74. The lowest BCUT2D eigenvalue weighted by Crippen LogP contribution is -2.32. The first kappa shape index (κ1) is 17.6. The van der Waals surface area contributed by atoms with E-state index in [0.717, 1.165) is 0 Å². The maximum Gasteiger partial charge on any atom is 0.389 e. The first-order chi connectivity index (χ1) is 9.90. The van der Waals surface area contributed by atoms with Crippen LogP contribution in [0.2, 0.25) is 0 Å². The zero-order chi connectivity index (χ0) is 15.7. The Balaban J connectivity index is 2.14. The molecule has 2 N–H and O–H groups in total. The van der Waals surface area contributed by atoms with Gasteiger partial charge in [0.15, 0.2) is 0 Å². The van der Waals surface area contributed by atoms with Crippen LogP contribution in [-0.4, -0.2) is 44.2 Å². The van der Waals surface area contributed by atoms with Crippen LogP contribution in [0.25, 0.3) is 0 Å². The van der Waals surface area contributed by atoms with Crippen molar-refractivity contribution in [2.75, 3.05) is 26.8 Å². The molecular weight excluding hydrogens is 287 g/mol. The Hall–Kier alpha value is -1.47. The summed E-state index contributed by atoms with van der Waals surface area (Å²) in [6.45, 7) is 0.441. The first-order valence-electron chi connectivity index (χ1n) is 6.63. The summed E-state index contributed by atoms with van der Waals surface area (Å²) in [4.78, 5) is 0. The Bertz CT molecular complexity index is 413. The van der Waals surface area contributed by atoms with Gasteiger partial charge >= 0.3 is 6.18 Å². The van der Waals surface area contributed by atoms with Crippen LogP contribution in [0.4, 0.5) is 13.2 Å². The number of aliphatic hydroxyl groups excluding tert-OH is 1. The fourth-order valence-electron chi connectivity index (χ4n) is 1.62. The molecule has 0 spiro atoms. The Morgan fingerprint density at radius 1 is 1.29 bits per heavy atom. The molecule has 1 unspecified atom stereocenters. The van der Waals surface area contributed by atoms with E-state index in [4.69, 9.17) is 9.47 Å². The Morgan fingerprint density at radius 3 is 2.67 bits per heavy atom. The van der Waals surface area contributed by atoms with Crippen LogP contribution in [0.5, 0.6) is 11.5 Å². The molecule has 1 aromatic rings. The highest BCUT2D eigenvalue weighted by atomic mass is 19.4. The highest BCUT2D eigenvalue weighted by molar-refractivity contribution is 5.32. The molecule has 0 aromatic heterocycles. The third-order valence-corrected chi connectivity index (χ3v) is 2.68. The van der Waals surface area contributed by atoms with E-state index >= 15 is 0 Å². The molecule has 0 amide bonds. The van der Waals surface area contributed by atoms with Crippen molar-refractivity contribution in [3.8, 4) is 11.5 Å². The molecule has 1 rings (SSSR count). The Labute approximate surface area is 121 Å². The van der Waals surface area contributed by atoms with Crippen molar-refractivity contribution in [3.63, 3.8) is 0 Å². The number of halogens is 3. The minimum absolute atomic E-state index is 0.00698. The van der Waals surface area contributed by atoms with Crippen LogP contribution < -0.4 is 14.8 Å². The van der Waals surface area contributed by atoms with Crippen molar-refractivity contribution in [1.29, 1.82) is 0 Å². The molecule has 0 heterocycles. The van der Waals surface area contributed by atoms with Crippen LogP contribution in [0.15, 0.2) is 24.3 Å². The smallest absolute Gasteiger partial charge is 0.389 e. The number of hydrogen-bond acceptors (Lipinski definition) is 4. The average Bonchev–Trinajstić information content (AvgIpc) is 2.44. The van der Waals surface area contributed by atoms with Gasteiger partial charge in [-0.15, -0.1) is 0 Å². The predicted octanol–water partition coefficient (Wildman–Crippen LogP) is 2.37. The second-order valence-corrected chi connectivity index (χ2v) is 4.57. The van der Waals surface area contributed by atoms with Crippen molar-refractivity contribution in [2.45, 2.75) is 25.1 Å². The normalized spacial score (nSPS) is 13.0. The summed E-state index contributed by atoms with van der Waals surface area (Å²) in [5.74, 6) is 1.21. The molecule has 0 saturated carbocycles. The summed E-state index contributed by atoms with van der Waals surface area (Å²) in [5.41, 5.74) is 0. The Kier molecular flexibility index (Phi) is 7.31. The minimum atomic E-state index is -4.13. The lowest BCUT2D eigenvalue weighted by Gasteiger charge is -2.14. The maximum absolute atomic E-state index is 11.9. The number of nitrogens with one attached hydrogen (secondary N) is 1. The van der Waals surface area contributed by atoms with Crippen LogP contribution in [0.3, 0.4) is 0 Å². The quantitative estimate of drug-likeness (QED) is 0.688. The van der Waals surface area contributed by atoms with Gasteiger partial charge in [-0.3, -0.25) is 0 Å². The van der Waals surface area contributed by atoms with E-state index in [0.29, 0.717) is 11.5 Å². The zero-order valence-corrected chi connectivity index (χ0v) is 11.8. The number of hydrogen-bond donors (Lipinski definition) is 2. The van der Waals surface area contributed by atoms with Crippen molar-refractivity contribution < 1.29 is 27.8 Å². The van der Waals surface area contributed by atoms with Gasteiger partial charge in [0.1, 0.15) is 24.2 Å². The molecule has 4 nitrogen and oxygen atoms in total. The molecule has 0 saturated heterocycles. The number of ether oxygens (including phenoxy) is 2. The molecule has 1 atom stereocenters. The molecule has 120 valence electrons. The van der Waals surface area contributed by atoms with Crippen molar-refractivity contribution in [3.05, 3.63) is 24.3 Å². The van der Waals surface area contributed by atoms with Crippen LogP contribution in [0.1, 0.15) is 12.8 Å². The molecule has 0 aliphatic rings. The summed E-state index contributed by atoms with van der Waals surface area (Å²) in [5, 5.41) is 12.4. The number of methoxy groups -OCH3 is 1. The van der Waals surface area contributed by atoms with Gasteiger partial charge in [-0.2, -0.15) is 13.2 Å². The number of rotatable bonds is 9. The molecular formula is C14H20F3NO3. The zero-order valence-electron chi connectivity index (χ0n) is 11.8. The topological polar surface area (TPSA) is 50.7 Å². The highest BCUT2D eigenvalue weighted by Crippen LogP contribution is 2.20. The fourth-order valence-corrected chi connectivity index (χ4v) is 1.62. The monoisotopic (exact) mass is 307 g/mol. The third kappa shape index (κ3) is 8.41. The maximum atomic E-state index is 11.9. The standard InChI is InChI=1S/C14H20F3NO3/c1-20-12-4-2-5-13(8-12)21-10-11(19)9-18-7-3-6-14(15,16)17/h2,4-5,8,11,18-19H,3,6-7,9-10H2,1H3. The van der Waals surface area contributed by atoms with E-state index in [1.165, 1.54) is 0 Å². The predicted molar refractivity (Wildman–Crippen MR) is 72.7 cm³/mol. The lowest BCUT2D eigenvalue weighted by molar-refractivity contribution is -0.135. The average molecular weight is 307 g/mol. The lowest BCUT2D eigenvalue weighted by atomic mass is 10.3. The summed E-state index contributed by atoms with van der Waals surface area (Å²) < 4.78 is 46.1. The molecule has 0 fully saturated rings. The van der Waals surface area contributed by atoms with Crippen LogP contribution >= 0.6 is 0 Å². The van der Waals surface area contributed by atoms with Crippen LogP contribution in [0, 0.1) is 0 Å². The van der Waals surface area contributed by atoms with Gasteiger partial charge in [0.2, 0.25) is 0 Å². The molecule has 1 aromatic carbocycles. The van der Waals surface area contributed by atoms with Crippen molar-refractivity contribution >= 4 is 0 Å². The van der Waals surface area contributed by atoms with Crippen molar-refractivity contribution in [2.24, 2.45) is 0 Å². The van der Waals surface area contributed by atoms with Gasteiger partial charge in [0.25, 0.3) is 0 Å². The van der Waals surface area contributed by atoms with E-state index in [1.54, 1.807) is 31.4 Å². The van der Waals surface area contributed by atoms with Gasteiger partial charge < -0.3 is 19.9 Å². The minimum Gasteiger partial charge on any atom is -0.497 e. The van der Waals surface area contributed by atoms with E-state index in [-0.39, 0.29) is 26.1 Å². The number of aliphatic hydroxyl groups is 1. The van der Waals surface area contributed by atoms with Gasteiger partial charge in [-0.1, -0.05) is 6.07 Å². The van der Waals surface area contributed by atoms with Gasteiger partial charge in [-0.25, -0.2) is 0 Å². The van der Waals surface area contributed by atoms with Crippen LogP contribution in [-0.2, 0) is 0 Å². The Morgan fingerprint density at radius 2 is 2.00 bits per heavy atom. The van der Waals surface area contributed by atoms with E-state index in [1.807, 2.05) is 0 Å². The molecule has 7 heteroatoms. The fraction of sp³-hybridized carbons (Fsp3) is 0.571. The van der Waals surface area contributed by atoms with E-state index in [9.17, 15) is 18.3 Å². The second-order valence-electron chi connectivity index (χ2n) is 4.57. The molecule has 21 heavy (non-hydrogen) atoms. The highest BCUT2D eigenvalue weighted by Gasteiger charge is 2.25. The molecule has 0 aliphatic heterocycles. The van der Waals surface area contributed by atoms with Crippen molar-refractivity contribution in [1.82, 2.24) is 5.32 Å². The van der Waals surface area contributed by atoms with E-state index < -0.39 is 18.7 Å². The van der Waals surface area contributed by atoms with Gasteiger partial charge in [0, 0.05) is 19.0 Å². The largest absolute Gasteiger partial charge is 0.497 e. The summed E-state index contributed by atoms with van der Waals surface area (Å²) in [7, 11) is 1.54. The molecule has 0 aliphatic carbocycles. The van der Waals surface area contributed by atoms with Gasteiger partial charge in [-0.05, 0) is 25.1 Å². The summed E-state index contributed by atoms with van der Waals surface area (Å²) in [6, 6.07) is 6.94. The summed E-state index contributed by atoms with van der Waals surface area (Å²) >= 11 is 0. The van der Waals surface area contributed by atoms with Gasteiger partial charge in [0.05, 0.1) is 7.11 Å². The van der Waals surface area contributed by atoms with E-state index in [2.05, 4.69) is 5.32 Å². The first-order valence-corrected chi connectivity index (χ1v) is 6.63.